The number of likely N-dealkylation sites (N-methyl/N-ethyl adjacent to an activating group) is 1. The van der Waals surface area contributed by atoms with Crippen molar-refractivity contribution in [2.24, 2.45) is 7.05 Å². The predicted molar refractivity (Wildman–Crippen MR) is 68.8 cm³/mol. The zero-order chi connectivity index (χ0) is 12.1. The van der Waals surface area contributed by atoms with E-state index in [9.17, 15) is 0 Å². The summed E-state index contributed by atoms with van der Waals surface area (Å²) < 4.78 is 1.93. The van der Waals surface area contributed by atoms with Gasteiger partial charge in [0.2, 0.25) is 0 Å². The lowest BCUT2D eigenvalue weighted by atomic mass is 9.93. The van der Waals surface area contributed by atoms with Gasteiger partial charge in [-0.05, 0) is 38.9 Å². The van der Waals surface area contributed by atoms with E-state index in [2.05, 4.69) is 30.2 Å². The van der Waals surface area contributed by atoms with Crippen molar-refractivity contribution in [1.29, 1.82) is 0 Å². The normalized spacial score (nSPS) is 21.4. The van der Waals surface area contributed by atoms with Crippen LogP contribution in [0.3, 0.4) is 0 Å². The number of aromatic nitrogens is 2. The van der Waals surface area contributed by atoms with Gasteiger partial charge in [-0.1, -0.05) is 13.8 Å². The quantitative estimate of drug-likeness (QED) is 0.729. The van der Waals surface area contributed by atoms with Gasteiger partial charge in [0.15, 0.2) is 0 Å². The van der Waals surface area contributed by atoms with Gasteiger partial charge in [-0.3, -0.25) is 4.68 Å². The number of aryl methyl sites for hydroxylation is 2. The molecule has 1 aliphatic heterocycles. The second-order valence-electron chi connectivity index (χ2n) is 4.47. The van der Waals surface area contributed by atoms with Crippen molar-refractivity contribution in [3.63, 3.8) is 0 Å². The van der Waals surface area contributed by atoms with Gasteiger partial charge >= 0.3 is 0 Å². The minimum atomic E-state index is 0.648. The van der Waals surface area contributed by atoms with Crippen LogP contribution in [-0.4, -0.2) is 34.8 Å². The Morgan fingerprint density at radius 3 is 2.50 bits per heavy atom. The summed E-state index contributed by atoms with van der Waals surface area (Å²) in [6.07, 6.45) is 4.71. The molecule has 1 aromatic heterocycles. The molecule has 16 heavy (non-hydrogen) atoms. The molecule has 1 fully saturated rings. The average molecular weight is 223 g/mol. The molecule has 0 radical (unpaired) electrons. The number of rotatable bonds is 1. The maximum Gasteiger partial charge on any atom is 0.0697 e. The van der Waals surface area contributed by atoms with Crippen LogP contribution in [0.2, 0.25) is 0 Å². The second-order valence-corrected chi connectivity index (χ2v) is 4.47. The summed E-state index contributed by atoms with van der Waals surface area (Å²) in [5.41, 5.74) is 2.65. The molecular formula is C13H25N3. The van der Waals surface area contributed by atoms with Gasteiger partial charge in [-0.25, -0.2) is 0 Å². The average Bonchev–Trinajstić information content (AvgIpc) is 2.61. The standard InChI is InChI=1S/C11H19N3.C2H6/c1-9-7-14(3)12-11(9)10-5-4-6-13(2)8-10;1-2/h7,10H,4-6,8H2,1-3H3;1-2H3. The predicted octanol–water partition coefficient (Wildman–Crippen LogP) is 2.56. The highest BCUT2D eigenvalue weighted by atomic mass is 15.3. The first-order valence-electron chi connectivity index (χ1n) is 6.35. The van der Waals surface area contributed by atoms with E-state index in [0.717, 1.165) is 6.54 Å². The van der Waals surface area contributed by atoms with Gasteiger partial charge in [0.05, 0.1) is 5.69 Å². The molecule has 1 atom stereocenters. The Hall–Kier alpha value is -0.830. The van der Waals surface area contributed by atoms with Crippen molar-refractivity contribution in [3.8, 4) is 0 Å². The topological polar surface area (TPSA) is 21.1 Å². The lowest BCUT2D eigenvalue weighted by molar-refractivity contribution is 0.247. The fourth-order valence-corrected chi connectivity index (χ4v) is 2.42. The second kappa shape index (κ2) is 6.04. The lowest BCUT2D eigenvalue weighted by Crippen LogP contribution is -2.31. The van der Waals surface area contributed by atoms with Crippen LogP contribution in [0.25, 0.3) is 0 Å². The van der Waals surface area contributed by atoms with E-state index >= 15 is 0 Å². The van der Waals surface area contributed by atoms with E-state index in [1.54, 1.807) is 0 Å². The molecule has 0 aliphatic carbocycles. The molecule has 3 nitrogen and oxygen atoms in total. The maximum atomic E-state index is 4.56. The van der Waals surface area contributed by atoms with Crippen LogP contribution < -0.4 is 0 Å². The van der Waals surface area contributed by atoms with E-state index in [4.69, 9.17) is 0 Å². The summed E-state index contributed by atoms with van der Waals surface area (Å²) >= 11 is 0. The zero-order valence-electron chi connectivity index (χ0n) is 11.3. The zero-order valence-corrected chi connectivity index (χ0v) is 11.3. The maximum absolute atomic E-state index is 4.56. The Kier molecular flexibility index (Phi) is 5.00. The van der Waals surface area contributed by atoms with E-state index < -0.39 is 0 Å². The van der Waals surface area contributed by atoms with Gasteiger partial charge in [0, 0.05) is 25.7 Å². The fourth-order valence-electron chi connectivity index (χ4n) is 2.42. The van der Waals surface area contributed by atoms with E-state index in [1.165, 1.54) is 30.6 Å². The Morgan fingerprint density at radius 1 is 1.31 bits per heavy atom. The number of likely N-dealkylation sites (tertiary alicyclic amines) is 1. The molecule has 1 aliphatic rings. The third kappa shape index (κ3) is 3.08. The first kappa shape index (κ1) is 13.2. The summed E-state index contributed by atoms with van der Waals surface area (Å²) in [6, 6.07) is 0. The Labute approximate surface area is 99.4 Å². The highest BCUT2D eigenvalue weighted by molar-refractivity contribution is 5.20. The smallest absolute Gasteiger partial charge is 0.0697 e. The molecular weight excluding hydrogens is 198 g/mol. The molecule has 1 aromatic rings. The molecule has 3 heteroatoms. The third-order valence-electron chi connectivity index (χ3n) is 3.06. The molecule has 0 bridgehead atoms. The van der Waals surface area contributed by atoms with Crippen molar-refractivity contribution in [1.82, 2.24) is 14.7 Å². The number of nitrogens with zero attached hydrogens (tertiary/aromatic N) is 3. The first-order chi connectivity index (χ1) is 7.66. The summed E-state index contributed by atoms with van der Waals surface area (Å²) in [5, 5.41) is 4.56. The molecule has 0 amide bonds. The summed E-state index contributed by atoms with van der Waals surface area (Å²) in [4.78, 5) is 2.41. The van der Waals surface area contributed by atoms with Crippen molar-refractivity contribution >= 4 is 0 Å². The highest BCUT2D eigenvalue weighted by Gasteiger charge is 2.22. The van der Waals surface area contributed by atoms with Gasteiger partial charge in [-0.15, -0.1) is 0 Å². The molecule has 1 saturated heterocycles. The molecule has 0 spiro atoms. The van der Waals surface area contributed by atoms with Crippen LogP contribution in [0.4, 0.5) is 0 Å². The highest BCUT2D eigenvalue weighted by Crippen LogP contribution is 2.26. The summed E-state index contributed by atoms with van der Waals surface area (Å²) in [5.74, 6) is 0.648. The van der Waals surface area contributed by atoms with Gasteiger partial charge in [0.1, 0.15) is 0 Å². The largest absolute Gasteiger partial charge is 0.306 e. The van der Waals surface area contributed by atoms with E-state index in [0.29, 0.717) is 5.92 Å². The molecule has 92 valence electrons. The van der Waals surface area contributed by atoms with Crippen LogP contribution in [0.15, 0.2) is 6.20 Å². The monoisotopic (exact) mass is 223 g/mol. The van der Waals surface area contributed by atoms with Crippen LogP contribution >= 0.6 is 0 Å². The molecule has 0 N–H and O–H groups in total. The molecule has 2 rings (SSSR count). The van der Waals surface area contributed by atoms with Crippen LogP contribution in [0, 0.1) is 6.92 Å². The number of piperidine rings is 1. The molecule has 0 saturated carbocycles. The molecule has 2 heterocycles. The first-order valence-corrected chi connectivity index (χ1v) is 6.35. The van der Waals surface area contributed by atoms with Crippen molar-refractivity contribution in [2.75, 3.05) is 20.1 Å². The third-order valence-corrected chi connectivity index (χ3v) is 3.06. The van der Waals surface area contributed by atoms with E-state index in [1.807, 2.05) is 25.6 Å². The van der Waals surface area contributed by atoms with Gasteiger partial charge in [-0.2, -0.15) is 5.10 Å². The van der Waals surface area contributed by atoms with Crippen LogP contribution in [0.1, 0.15) is 43.9 Å². The van der Waals surface area contributed by atoms with Crippen molar-refractivity contribution in [2.45, 2.75) is 39.5 Å². The van der Waals surface area contributed by atoms with Gasteiger partial charge < -0.3 is 4.90 Å². The van der Waals surface area contributed by atoms with Crippen LogP contribution in [0.5, 0.6) is 0 Å². The molecule has 1 unspecified atom stereocenters. The Bertz CT molecular complexity index is 317. The number of hydrogen-bond acceptors (Lipinski definition) is 2. The Balaban J connectivity index is 0.000000606. The minimum Gasteiger partial charge on any atom is -0.306 e. The number of hydrogen-bond donors (Lipinski definition) is 0. The summed E-state index contributed by atoms with van der Waals surface area (Å²) in [6.45, 7) is 8.57. The van der Waals surface area contributed by atoms with Crippen molar-refractivity contribution < 1.29 is 0 Å². The van der Waals surface area contributed by atoms with Crippen LogP contribution in [-0.2, 0) is 7.05 Å². The fraction of sp³-hybridized carbons (Fsp3) is 0.769. The van der Waals surface area contributed by atoms with Gasteiger partial charge in [0.25, 0.3) is 0 Å². The van der Waals surface area contributed by atoms with E-state index in [-0.39, 0.29) is 0 Å². The minimum absolute atomic E-state index is 0.648. The van der Waals surface area contributed by atoms with Crippen molar-refractivity contribution in [3.05, 3.63) is 17.5 Å². The summed E-state index contributed by atoms with van der Waals surface area (Å²) in [7, 11) is 4.20. The Morgan fingerprint density at radius 2 is 2.00 bits per heavy atom. The SMILES string of the molecule is CC.Cc1cn(C)nc1C1CCCN(C)C1. The molecule has 0 aromatic carbocycles. The lowest BCUT2D eigenvalue weighted by Gasteiger charge is -2.28.